The molecule has 1 amide bonds. The Kier molecular flexibility index (Phi) is 5.86. The van der Waals surface area contributed by atoms with Crippen molar-refractivity contribution < 1.29 is 9.21 Å². The van der Waals surface area contributed by atoms with Crippen LogP contribution in [0.25, 0.3) is 27.6 Å². The van der Waals surface area contributed by atoms with Crippen molar-refractivity contribution in [3.63, 3.8) is 0 Å². The topological polar surface area (TPSA) is 97.7 Å². The lowest BCUT2D eigenvalue weighted by Crippen LogP contribution is -2.23. The first-order valence-corrected chi connectivity index (χ1v) is 11.6. The number of nitrogens with one attached hydrogen (secondary N) is 1. The van der Waals surface area contributed by atoms with Gasteiger partial charge < -0.3 is 14.6 Å². The summed E-state index contributed by atoms with van der Waals surface area (Å²) in [4.78, 5) is 31.8. The normalized spacial score (nSPS) is 11.8. The molecule has 1 N–H and O–H groups in total. The number of likely N-dealkylation sites (N-methyl/N-ethyl adjacent to an activating group) is 1. The van der Waals surface area contributed by atoms with Gasteiger partial charge >= 0.3 is 5.76 Å². The lowest BCUT2D eigenvalue weighted by Gasteiger charge is -2.12. The van der Waals surface area contributed by atoms with Gasteiger partial charge in [-0.25, -0.2) is 14.3 Å². The molecule has 0 aliphatic carbocycles. The van der Waals surface area contributed by atoms with Gasteiger partial charge in [-0.1, -0.05) is 12.1 Å². The number of nitrogens with zero attached hydrogens (tertiary/aromatic N) is 5. The van der Waals surface area contributed by atoms with E-state index in [2.05, 4.69) is 5.32 Å². The summed E-state index contributed by atoms with van der Waals surface area (Å²) in [6.45, 7) is 5.20. The van der Waals surface area contributed by atoms with Crippen LogP contribution in [0.2, 0.25) is 0 Å². The molecule has 0 radical (unpaired) electrons. The number of hydrogen-bond donors (Lipinski definition) is 1. The third kappa shape index (κ3) is 4.30. The molecule has 9 heteroatoms. The molecule has 0 fully saturated rings. The monoisotopic (exact) mass is 472 g/mol. The lowest BCUT2D eigenvalue weighted by molar-refractivity contribution is -0.116. The van der Waals surface area contributed by atoms with Crippen molar-refractivity contribution in [3.05, 3.63) is 70.0 Å². The number of carbonyl (C=O) groups is 1. The zero-order chi connectivity index (χ0) is 24.7. The van der Waals surface area contributed by atoms with E-state index in [9.17, 15) is 9.59 Å². The van der Waals surface area contributed by atoms with E-state index in [0.717, 1.165) is 33.5 Å². The molecule has 35 heavy (non-hydrogen) atoms. The standard InChI is InChI=1S/C26H28N6O3/c1-16-19(17(2)32-25(27-16)20-7-5-6-8-21(20)29-32)10-12-24(33)28-18-9-11-23-22(15-18)31(26(34)35-23)14-13-30(3)4/h5-9,11,15H,10,12-14H2,1-4H3,(H,28,33). The van der Waals surface area contributed by atoms with Gasteiger partial charge in [-0.05, 0) is 70.3 Å². The Bertz CT molecular complexity index is 1630. The minimum Gasteiger partial charge on any atom is -0.408 e. The summed E-state index contributed by atoms with van der Waals surface area (Å²) in [5.74, 6) is -0.509. The van der Waals surface area contributed by atoms with Crippen LogP contribution in [-0.2, 0) is 17.8 Å². The van der Waals surface area contributed by atoms with Crippen LogP contribution in [0.5, 0.6) is 0 Å². The Hall–Kier alpha value is -3.98. The van der Waals surface area contributed by atoms with E-state index in [1.807, 2.05) is 61.6 Å². The second kappa shape index (κ2) is 8.99. The summed E-state index contributed by atoms with van der Waals surface area (Å²) >= 11 is 0. The van der Waals surface area contributed by atoms with Gasteiger partial charge in [-0.2, -0.15) is 5.10 Å². The molecule has 0 saturated heterocycles. The molecule has 0 unspecified atom stereocenters. The number of carbonyl (C=O) groups excluding carboxylic acids is 1. The molecule has 180 valence electrons. The number of aryl methyl sites for hydroxylation is 2. The predicted molar refractivity (Wildman–Crippen MR) is 136 cm³/mol. The average molecular weight is 473 g/mol. The zero-order valence-electron chi connectivity index (χ0n) is 20.3. The van der Waals surface area contributed by atoms with Crippen molar-refractivity contribution in [2.75, 3.05) is 26.0 Å². The SMILES string of the molecule is Cc1nc2c3ccccc3nn2c(C)c1CCC(=O)Nc1ccc2oc(=O)n(CCN(C)C)c2c1. The highest BCUT2D eigenvalue weighted by Gasteiger charge is 2.16. The van der Waals surface area contributed by atoms with Gasteiger partial charge in [0.15, 0.2) is 11.2 Å². The highest BCUT2D eigenvalue weighted by atomic mass is 16.4. The number of fused-ring (bicyclic) bond motifs is 4. The van der Waals surface area contributed by atoms with Crippen molar-refractivity contribution in [1.29, 1.82) is 0 Å². The summed E-state index contributed by atoms with van der Waals surface area (Å²) in [5, 5.41) is 8.66. The molecule has 2 aromatic carbocycles. The molecule has 5 rings (SSSR count). The molecule has 0 bridgehead atoms. The quantitative estimate of drug-likeness (QED) is 0.389. The molecule has 0 spiro atoms. The number of rotatable bonds is 7. The van der Waals surface area contributed by atoms with Crippen molar-refractivity contribution in [3.8, 4) is 0 Å². The van der Waals surface area contributed by atoms with Gasteiger partial charge in [-0.3, -0.25) is 9.36 Å². The maximum Gasteiger partial charge on any atom is 0.419 e. The van der Waals surface area contributed by atoms with Crippen LogP contribution in [0.4, 0.5) is 5.69 Å². The molecule has 0 aliphatic rings. The molecule has 3 heterocycles. The van der Waals surface area contributed by atoms with E-state index in [4.69, 9.17) is 14.5 Å². The smallest absolute Gasteiger partial charge is 0.408 e. The first kappa shape index (κ1) is 22.8. The van der Waals surface area contributed by atoms with Crippen LogP contribution in [0.3, 0.4) is 0 Å². The number of amides is 1. The second-order valence-electron chi connectivity index (χ2n) is 9.07. The average Bonchev–Trinajstić information content (AvgIpc) is 3.34. The van der Waals surface area contributed by atoms with Crippen molar-refractivity contribution in [2.45, 2.75) is 33.2 Å². The van der Waals surface area contributed by atoms with Crippen LogP contribution >= 0.6 is 0 Å². The Labute approximate surface area is 202 Å². The Balaban J connectivity index is 1.34. The third-order valence-electron chi connectivity index (χ3n) is 6.34. The van der Waals surface area contributed by atoms with Crippen LogP contribution in [-0.4, -0.2) is 50.6 Å². The molecule has 9 nitrogen and oxygen atoms in total. The minimum absolute atomic E-state index is 0.112. The lowest BCUT2D eigenvalue weighted by atomic mass is 10.1. The summed E-state index contributed by atoms with van der Waals surface area (Å²) in [5.41, 5.74) is 6.43. The predicted octanol–water partition coefficient (Wildman–Crippen LogP) is 3.54. The zero-order valence-corrected chi connectivity index (χ0v) is 20.3. The van der Waals surface area contributed by atoms with Crippen LogP contribution in [0.1, 0.15) is 23.4 Å². The Morgan fingerprint density at radius 2 is 1.94 bits per heavy atom. The van der Waals surface area contributed by atoms with Crippen LogP contribution in [0.15, 0.2) is 51.7 Å². The largest absolute Gasteiger partial charge is 0.419 e. The van der Waals surface area contributed by atoms with Crippen molar-refractivity contribution in [1.82, 2.24) is 24.1 Å². The molecule has 3 aromatic heterocycles. The number of hydrogen-bond acceptors (Lipinski definition) is 6. The van der Waals surface area contributed by atoms with Crippen molar-refractivity contribution >= 4 is 39.2 Å². The summed E-state index contributed by atoms with van der Waals surface area (Å²) < 4.78 is 8.80. The minimum atomic E-state index is -0.398. The van der Waals surface area contributed by atoms with E-state index in [0.29, 0.717) is 42.7 Å². The highest BCUT2D eigenvalue weighted by molar-refractivity contribution is 5.93. The van der Waals surface area contributed by atoms with Crippen LogP contribution < -0.4 is 11.1 Å². The van der Waals surface area contributed by atoms with Gasteiger partial charge in [0, 0.05) is 42.0 Å². The molecule has 0 atom stereocenters. The molecular formula is C26H28N6O3. The molecular weight excluding hydrogens is 444 g/mol. The van der Waals surface area contributed by atoms with E-state index >= 15 is 0 Å². The first-order chi connectivity index (χ1) is 16.8. The fraction of sp³-hybridized carbons (Fsp3) is 0.308. The summed E-state index contributed by atoms with van der Waals surface area (Å²) in [6, 6.07) is 13.2. The maximum atomic E-state index is 12.8. The number of benzene rings is 2. The molecule has 0 aliphatic heterocycles. The number of anilines is 1. The summed E-state index contributed by atoms with van der Waals surface area (Å²) in [7, 11) is 3.90. The third-order valence-corrected chi connectivity index (χ3v) is 6.34. The Morgan fingerprint density at radius 3 is 2.74 bits per heavy atom. The van der Waals surface area contributed by atoms with Crippen molar-refractivity contribution in [2.24, 2.45) is 0 Å². The van der Waals surface area contributed by atoms with E-state index in [-0.39, 0.29) is 5.91 Å². The van der Waals surface area contributed by atoms with Gasteiger partial charge in [0.25, 0.3) is 0 Å². The fourth-order valence-electron chi connectivity index (χ4n) is 4.45. The number of oxazole rings is 1. The Morgan fingerprint density at radius 1 is 1.14 bits per heavy atom. The molecule has 5 aromatic rings. The second-order valence-corrected chi connectivity index (χ2v) is 9.07. The van der Waals surface area contributed by atoms with E-state index in [1.54, 1.807) is 22.8 Å². The highest BCUT2D eigenvalue weighted by Crippen LogP contribution is 2.23. The van der Waals surface area contributed by atoms with E-state index in [1.165, 1.54) is 0 Å². The van der Waals surface area contributed by atoms with Crippen LogP contribution in [0, 0.1) is 13.8 Å². The van der Waals surface area contributed by atoms with Gasteiger partial charge in [0.2, 0.25) is 5.91 Å². The van der Waals surface area contributed by atoms with Gasteiger partial charge in [0.05, 0.1) is 11.0 Å². The maximum absolute atomic E-state index is 12.8. The van der Waals surface area contributed by atoms with E-state index < -0.39 is 5.76 Å². The molecule has 0 saturated carbocycles. The first-order valence-electron chi connectivity index (χ1n) is 11.6. The summed E-state index contributed by atoms with van der Waals surface area (Å²) in [6.07, 6.45) is 0.844. The van der Waals surface area contributed by atoms with Gasteiger partial charge in [-0.15, -0.1) is 0 Å². The number of aromatic nitrogens is 4. The fourth-order valence-corrected chi connectivity index (χ4v) is 4.45. The van der Waals surface area contributed by atoms with Gasteiger partial charge in [0.1, 0.15) is 0 Å².